The Labute approximate surface area is 105 Å². The Morgan fingerprint density at radius 1 is 1.18 bits per heavy atom. The lowest BCUT2D eigenvalue weighted by Crippen LogP contribution is -2.05. The Balaban J connectivity index is 1.79. The van der Waals surface area contributed by atoms with Gasteiger partial charge in [0.1, 0.15) is 6.10 Å². The summed E-state index contributed by atoms with van der Waals surface area (Å²) in [6, 6.07) is 13.9. The number of aliphatic hydroxyl groups is 1. The van der Waals surface area contributed by atoms with Gasteiger partial charge in [-0.2, -0.15) is 0 Å². The molecule has 0 fully saturated rings. The van der Waals surface area contributed by atoms with E-state index in [1.54, 1.807) is 11.3 Å². The van der Waals surface area contributed by atoms with Crippen molar-refractivity contribution in [3.63, 3.8) is 0 Å². The number of thiophene rings is 1. The van der Waals surface area contributed by atoms with Crippen LogP contribution >= 0.6 is 11.3 Å². The summed E-state index contributed by atoms with van der Waals surface area (Å²) in [5, 5.41) is 9.90. The van der Waals surface area contributed by atoms with E-state index in [9.17, 15) is 5.11 Å². The summed E-state index contributed by atoms with van der Waals surface area (Å²) in [6.45, 7) is 2.92. The number of benzene rings is 1. The van der Waals surface area contributed by atoms with Crippen LogP contribution in [0.15, 0.2) is 42.5 Å². The fourth-order valence-electron chi connectivity index (χ4n) is 1.58. The maximum absolute atomic E-state index is 9.90. The lowest BCUT2D eigenvalue weighted by atomic mass is 10.2. The van der Waals surface area contributed by atoms with E-state index in [4.69, 9.17) is 4.74 Å². The Bertz CT molecular complexity index is 450. The molecule has 2 aromatic rings. The molecule has 90 valence electrons. The molecule has 1 atom stereocenters. The molecule has 2 rings (SSSR count). The fraction of sp³-hybridized carbons (Fsp3) is 0.286. The summed E-state index contributed by atoms with van der Waals surface area (Å²) in [7, 11) is 0. The zero-order valence-electron chi connectivity index (χ0n) is 9.80. The first-order chi connectivity index (χ1) is 8.25. The van der Waals surface area contributed by atoms with E-state index in [1.807, 2.05) is 49.4 Å². The second-order valence-electron chi connectivity index (χ2n) is 3.96. The van der Waals surface area contributed by atoms with Crippen LogP contribution in [0.4, 0.5) is 0 Å². The second kappa shape index (κ2) is 5.96. The Morgan fingerprint density at radius 3 is 2.59 bits per heavy atom. The molecule has 0 radical (unpaired) electrons. The van der Waals surface area contributed by atoms with Crippen LogP contribution in [0.2, 0.25) is 0 Å². The number of ether oxygens (including phenoxy) is 1. The topological polar surface area (TPSA) is 29.5 Å². The van der Waals surface area contributed by atoms with Gasteiger partial charge in [0.05, 0.1) is 13.2 Å². The molecule has 1 aromatic carbocycles. The van der Waals surface area contributed by atoms with E-state index in [-0.39, 0.29) is 0 Å². The third kappa shape index (κ3) is 3.66. The minimum Gasteiger partial charge on any atom is -0.385 e. The summed E-state index contributed by atoms with van der Waals surface area (Å²) < 4.78 is 5.50. The maximum atomic E-state index is 9.90. The number of rotatable bonds is 5. The van der Waals surface area contributed by atoms with Gasteiger partial charge in [-0.05, 0) is 24.6 Å². The molecule has 0 aliphatic heterocycles. The van der Waals surface area contributed by atoms with Crippen molar-refractivity contribution in [1.29, 1.82) is 0 Å². The van der Waals surface area contributed by atoms with Crippen LogP contribution in [0.5, 0.6) is 0 Å². The molecule has 0 spiro atoms. The van der Waals surface area contributed by atoms with Crippen molar-refractivity contribution in [2.24, 2.45) is 0 Å². The number of aryl methyl sites for hydroxylation is 1. The summed E-state index contributed by atoms with van der Waals surface area (Å²) in [5.74, 6) is 0. The third-order valence-electron chi connectivity index (χ3n) is 2.48. The van der Waals surface area contributed by atoms with Crippen molar-refractivity contribution < 1.29 is 9.84 Å². The van der Waals surface area contributed by atoms with Crippen molar-refractivity contribution in [1.82, 2.24) is 0 Å². The van der Waals surface area contributed by atoms with E-state index in [2.05, 4.69) is 0 Å². The van der Waals surface area contributed by atoms with Gasteiger partial charge >= 0.3 is 0 Å². The van der Waals surface area contributed by atoms with E-state index in [0.717, 1.165) is 10.4 Å². The lowest BCUT2D eigenvalue weighted by Gasteiger charge is -2.09. The van der Waals surface area contributed by atoms with Gasteiger partial charge in [0.2, 0.25) is 0 Å². The van der Waals surface area contributed by atoms with Crippen LogP contribution in [0.3, 0.4) is 0 Å². The van der Waals surface area contributed by atoms with Crippen LogP contribution in [0.1, 0.15) is 21.4 Å². The van der Waals surface area contributed by atoms with Gasteiger partial charge in [-0.3, -0.25) is 0 Å². The summed E-state index contributed by atoms with van der Waals surface area (Å²) in [6.07, 6.45) is -0.516. The molecule has 0 saturated carbocycles. The van der Waals surface area contributed by atoms with Gasteiger partial charge in [0.15, 0.2) is 0 Å². The second-order valence-corrected chi connectivity index (χ2v) is 5.28. The van der Waals surface area contributed by atoms with Crippen molar-refractivity contribution >= 4 is 11.3 Å². The average molecular weight is 248 g/mol. The van der Waals surface area contributed by atoms with Crippen molar-refractivity contribution in [2.45, 2.75) is 19.6 Å². The summed E-state index contributed by atoms with van der Waals surface area (Å²) in [5.41, 5.74) is 1.13. The predicted octanol–water partition coefficient (Wildman–Crippen LogP) is 3.31. The van der Waals surface area contributed by atoms with E-state index in [0.29, 0.717) is 13.2 Å². The molecule has 1 aromatic heterocycles. The van der Waals surface area contributed by atoms with Crippen molar-refractivity contribution in [3.8, 4) is 0 Å². The van der Waals surface area contributed by atoms with E-state index in [1.165, 1.54) is 4.88 Å². The van der Waals surface area contributed by atoms with Crippen molar-refractivity contribution in [2.75, 3.05) is 6.61 Å². The first-order valence-electron chi connectivity index (χ1n) is 5.62. The molecule has 1 heterocycles. The smallest absolute Gasteiger partial charge is 0.111 e. The molecule has 0 aliphatic rings. The first-order valence-corrected chi connectivity index (χ1v) is 6.43. The summed E-state index contributed by atoms with van der Waals surface area (Å²) >= 11 is 1.61. The van der Waals surface area contributed by atoms with E-state index < -0.39 is 6.10 Å². The summed E-state index contributed by atoms with van der Waals surface area (Å²) in [4.78, 5) is 2.18. The average Bonchev–Trinajstić information content (AvgIpc) is 2.77. The molecule has 3 heteroatoms. The fourth-order valence-corrected chi connectivity index (χ4v) is 2.43. The van der Waals surface area contributed by atoms with Crippen LogP contribution in [-0.2, 0) is 11.3 Å². The number of hydrogen-bond acceptors (Lipinski definition) is 3. The van der Waals surface area contributed by atoms with Crippen LogP contribution in [-0.4, -0.2) is 11.7 Å². The van der Waals surface area contributed by atoms with Gasteiger partial charge in [-0.15, -0.1) is 11.3 Å². The number of aliphatic hydroxyl groups excluding tert-OH is 1. The van der Waals surface area contributed by atoms with Gasteiger partial charge in [-0.25, -0.2) is 0 Å². The molecule has 0 saturated heterocycles. The molecule has 0 aliphatic carbocycles. The zero-order chi connectivity index (χ0) is 12.1. The third-order valence-corrected chi connectivity index (χ3v) is 3.58. The normalized spacial score (nSPS) is 12.6. The predicted molar refractivity (Wildman–Crippen MR) is 70.1 cm³/mol. The molecule has 1 N–H and O–H groups in total. The SMILES string of the molecule is Cc1ccc(C(O)COCc2ccccc2)s1. The highest BCUT2D eigenvalue weighted by atomic mass is 32.1. The molecule has 2 nitrogen and oxygen atoms in total. The van der Waals surface area contributed by atoms with Crippen molar-refractivity contribution in [3.05, 3.63) is 57.8 Å². The Kier molecular flexibility index (Phi) is 4.31. The van der Waals surface area contributed by atoms with Gasteiger partial charge < -0.3 is 9.84 Å². The lowest BCUT2D eigenvalue weighted by molar-refractivity contribution is 0.0294. The monoisotopic (exact) mass is 248 g/mol. The maximum Gasteiger partial charge on any atom is 0.111 e. The quantitative estimate of drug-likeness (QED) is 0.879. The molecular weight excluding hydrogens is 232 g/mol. The van der Waals surface area contributed by atoms with Gasteiger partial charge in [0, 0.05) is 9.75 Å². The number of hydrogen-bond donors (Lipinski definition) is 1. The highest BCUT2D eigenvalue weighted by Gasteiger charge is 2.09. The molecular formula is C14H16O2S. The minimum atomic E-state index is -0.516. The standard InChI is InChI=1S/C14H16O2S/c1-11-7-8-14(17-11)13(15)10-16-9-12-5-3-2-4-6-12/h2-8,13,15H,9-10H2,1H3. The van der Waals surface area contributed by atoms with Crippen LogP contribution < -0.4 is 0 Å². The largest absolute Gasteiger partial charge is 0.385 e. The van der Waals surface area contributed by atoms with Crippen LogP contribution in [0.25, 0.3) is 0 Å². The highest BCUT2D eigenvalue weighted by molar-refractivity contribution is 7.12. The van der Waals surface area contributed by atoms with E-state index >= 15 is 0 Å². The van der Waals surface area contributed by atoms with Gasteiger partial charge in [0.25, 0.3) is 0 Å². The van der Waals surface area contributed by atoms with Gasteiger partial charge in [-0.1, -0.05) is 30.3 Å². The molecule has 1 unspecified atom stereocenters. The first kappa shape index (κ1) is 12.3. The highest BCUT2D eigenvalue weighted by Crippen LogP contribution is 2.22. The zero-order valence-corrected chi connectivity index (χ0v) is 10.6. The minimum absolute atomic E-state index is 0.342. The molecule has 0 bridgehead atoms. The Hall–Kier alpha value is -1.16. The van der Waals surface area contributed by atoms with Crippen LogP contribution in [0, 0.1) is 6.92 Å². The Morgan fingerprint density at radius 2 is 1.94 bits per heavy atom. The molecule has 0 amide bonds. The molecule has 17 heavy (non-hydrogen) atoms.